The lowest BCUT2D eigenvalue weighted by atomic mass is 9.97. The predicted molar refractivity (Wildman–Crippen MR) is 117 cm³/mol. The summed E-state index contributed by atoms with van der Waals surface area (Å²) in [5.41, 5.74) is 3.34. The number of sulfonamides is 1. The SMILES string of the molecule is CC(NS(=O)(=O)c1cccc(Cl)c1)c1[nH]nc(-c2ccc(F)cc2)c1-c1ccncc1. The number of hydrogen-bond donors (Lipinski definition) is 2. The summed E-state index contributed by atoms with van der Waals surface area (Å²) < 4.78 is 41.8. The largest absolute Gasteiger partial charge is 0.280 e. The van der Waals surface area contributed by atoms with Crippen molar-refractivity contribution in [3.63, 3.8) is 0 Å². The van der Waals surface area contributed by atoms with E-state index in [1.54, 1.807) is 55.7 Å². The zero-order chi connectivity index (χ0) is 22.0. The standard InChI is InChI=1S/C22H18ClFN4O2S/c1-14(28-31(29,30)19-4-2-3-17(23)13-19)21-20(15-9-11-25-12-10-15)22(27-26-21)16-5-7-18(24)8-6-16/h2-14,28H,1H3,(H,26,27). The minimum absolute atomic E-state index is 0.0654. The highest BCUT2D eigenvalue weighted by Crippen LogP contribution is 2.36. The van der Waals surface area contributed by atoms with E-state index in [0.717, 1.165) is 5.56 Å². The number of pyridine rings is 1. The van der Waals surface area contributed by atoms with Gasteiger partial charge in [0.15, 0.2) is 0 Å². The molecule has 2 aromatic heterocycles. The van der Waals surface area contributed by atoms with Crippen molar-refractivity contribution in [3.05, 3.63) is 89.6 Å². The molecule has 31 heavy (non-hydrogen) atoms. The maximum atomic E-state index is 13.4. The smallest absolute Gasteiger partial charge is 0.241 e. The van der Waals surface area contributed by atoms with Crippen molar-refractivity contribution in [2.24, 2.45) is 0 Å². The van der Waals surface area contributed by atoms with E-state index in [1.807, 2.05) is 0 Å². The van der Waals surface area contributed by atoms with E-state index in [0.29, 0.717) is 27.5 Å². The number of H-pyrrole nitrogens is 1. The molecule has 4 aromatic rings. The monoisotopic (exact) mass is 456 g/mol. The van der Waals surface area contributed by atoms with Crippen LogP contribution in [0.5, 0.6) is 0 Å². The van der Waals surface area contributed by atoms with Crippen LogP contribution in [0.3, 0.4) is 0 Å². The minimum Gasteiger partial charge on any atom is -0.280 e. The molecule has 0 amide bonds. The first-order valence-corrected chi connectivity index (χ1v) is 11.2. The molecule has 0 aliphatic heterocycles. The van der Waals surface area contributed by atoms with Crippen LogP contribution in [0.25, 0.3) is 22.4 Å². The van der Waals surface area contributed by atoms with Gasteiger partial charge in [0.05, 0.1) is 16.6 Å². The Morgan fingerprint density at radius 1 is 1.03 bits per heavy atom. The Kier molecular flexibility index (Phi) is 5.86. The van der Waals surface area contributed by atoms with E-state index in [4.69, 9.17) is 11.6 Å². The summed E-state index contributed by atoms with van der Waals surface area (Å²) >= 11 is 5.95. The molecule has 2 aromatic carbocycles. The number of aromatic amines is 1. The van der Waals surface area contributed by atoms with Crippen LogP contribution in [0.1, 0.15) is 18.7 Å². The number of nitrogens with zero attached hydrogens (tertiary/aromatic N) is 2. The van der Waals surface area contributed by atoms with E-state index >= 15 is 0 Å². The molecule has 1 unspecified atom stereocenters. The topological polar surface area (TPSA) is 87.7 Å². The van der Waals surface area contributed by atoms with E-state index in [1.165, 1.54) is 24.3 Å². The lowest BCUT2D eigenvalue weighted by molar-refractivity contribution is 0.564. The normalized spacial score (nSPS) is 12.6. The van der Waals surface area contributed by atoms with Gasteiger partial charge in [0.1, 0.15) is 11.5 Å². The van der Waals surface area contributed by atoms with Gasteiger partial charge < -0.3 is 0 Å². The van der Waals surface area contributed by atoms with Gasteiger partial charge in [-0.1, -0.05) is 17.7 Å². The molecule has 2 heterocycles. The first-order chi connectivity index (χ1) is 14.8. The van der Waals surface area contributed by atoms with Crippen molar-refractivity contribution in [1.82, 2.24) is 19.9 Å². The van der Waals surface area contributed by atoms with Gasteiger partial charge in [-0.05, 0) is 67.1 Å². The van der Waals surface area contributed by atoms with Gasteiger partial charge in [-0.3, -0.25) is 10.1 Å². The van der Waals surface area contributed by atoms with Crippen LogP contribution in [0.2, 0.25) is 5.02 Å². The molecule has 0 radical (unpaired) electrons. The molecular formula is C22H18ClFN4O2S. The van der Waals surface area contributed by atoms with Crippen molar-refractivity contribution in [3.8, 4) is 22.4 Å². The third kappa shape index (κ3) is 4.51. The molecule has 0 aliphatic rings. The zero-order valence-corrected chi connectivity index (χ0v) is 18.0. The summed E-state index contributed by atoms with van der Waals surface area (Å²) in [4.78, 5) is 4.11. The average Bonchev–Trinajstić information content (AvgIpc) is 3.20. The lowest BCUT2D eigenvalue weighted by Crippen LogP contribution is -2.27. The van der Waals surface area contributed by atoms with Crippen LogP contribution in [0.4, 0.5) is 4.39 Å². The van der Waals surface area contributed by atoms with Crippen molar-refractivity contribution in [1.29, 1.82) is 0 Å². The lowest BCUT2D eigenvalue weighted by Gasteiger charge is -2.15. The van der Waals surface area contributed by atoms with Gasteiger partial charge in [-0.2, -0.15) is 5.10 Å². The molecule has 0 spiro atoms. The maximum Gasteiger partial charge on any atom is 0.241 e. The molecule has 4 rings (SSSR count). The molecular weight excluding hydrogens is 439 g/mol. The van der Waals surface area contributed by atoms with Crippen molar-refractivity contribution in [2.75, 3.05) is 0 Å². The molecule has 1 atom stereocenters. The van der Waals surface area contributed by atoms with Gasteiger partial charge in [-0.25, -0.2) is 17.5 Å². The Labute approximate surface area is 184 Å². The maximum absolute atomic E-state index is 13.4. The number of benzene rings is 2. The van der Waals surface area contributed by atoms with E-state index in [9.17, 15) is 12.8 Å². The first kappa shape index (κ1) is 21.2. The number of rotatable bonds is 6. The fourth-order valence-electron chi connectivity index (χ4n) is 3.29. The molecule has 0 aliphatic carbocycles. The Bertz CT molecular complexity index is 1310. The number of halogens is 2. The number of nitrogens with one attached hydrogen (secondary N) is 2. The van der Waals surface area contributed by atoms with Crippen molar-refractivity contribution in [2.45, 2.75) is 17.9 Å². The molecule has 2 N–H and O–H groups in total. The highest BCUT2D eigenvalue weighted by molar-refractivity contribution is 7.89. The van der Waals surface area contributed by atoms with Crippen LogP contribution in [0, 0.1) is 5.82 Å². The van der Waals surface area contributed by atoms with Gasteiger partial charge in [0.2, 0.25) is 10.0 Å². The minimum atomic E-state index is -3.83. The molecule has 9 heteroatoms. The Morgan fingerprint density at radius 2 is 1.74 bits per heavy atom. The molecule has 0 saturated carbocycles. The third-order valence-electron chi connectivity index (χ3n) is 4.75. The molecule has 0 bridgehead atoms. The quantitative estimate of drug-likeness (QED) is 0.428. The van der Waals surface area contributed by atoms with Gasteiger partial charge in [-0.15, -0.1) is 0 Å². The van der Waals surface area contributed by atoms with Gasteiger partial charge in [0, 0.05) is 28.5 Å². The fourth-order valence-corrected chi connectivity index (χ4v) is 4.80. The van der Waals surface area contributed by atoms with Gasteiger partial charge >= 0.3 is 0 Å². The van der Waals surface area contributed by atoms with Crippen molar-refractivity contribution >= 4 is 21.6 Å². The van der Waals surface area contributed by atoms with Crippen molar-refractivity contribution < 1.29 is 12.8 Å². The Morgan fingerprint density at radius 3 is 2.42 bits per heavy atom. The van der Waals surface area contributed by atoms with E-state index < -0.39 is 16.1 Å². The van der Waals surface area contributed by atoms with Crippen LogP contribution >= 0.6 is 11.6 Å². The van der Waals surface area contributed by atoms with Crippen LogP contribution in [0.15, 0.2) is 78.0 Å². The second-order valence-electron chi connectivity index (χ2n) is 6.90. The van der Waals surface area contributed by atoms with Crippen LogP contribution in [-0.4, -0.2) is 23.6 Å². The predicted octanol–water partition coefficient (Wildman–Crippen LogP) is 4.97. The summed E-state index contributed by atoms with van der Waals surface area (Å²) in [6, 6.07) is 15.0. The zero-order valence-electron chi connectivity index (χ0n) is 16.4. The average molecular weight is 457 g/mol. The number of hydrogen-bond acceptors (Lipinski definition) is 4. The van der Waals surface area contributed by atoms with E-state index in [-0.39, 0.29) is 10.7 Å². The van der Waals surface area contributed by atoms with Gasteiger partial charge in [0.25, 0.3) is 0 Å². The Balaban J connectivity index is 1.77. The number of aromatic nitrogens is 3. The fraction of sp³-hybridized carbons (Fsp3) is 0.0909. The summed E-state index contributed by atoms with van der Waals surface area (Å²) in [6.07, 6.45) is 3.28. The molecule has 0 saturated heterocycles. The Hall–Kier alpha value is -3.07. The molecule has 0 fully saturated rings. The second kappa shape index (κ2) is 8.58. The summed E-state index contributed by atoms with van der Waals surface area (Å²) in [6.45, 7) is 1.72. The van der Waals surface area contributed by atoms with Crippen LogP contribution in [-0.2, 0) is 10.0 Å². The van der Waals surface area contributed by atoms with E-state index in [2.05, 4.69) is 19.9 Å². The first-order valence-electron chi connectivity index (χ1n) is 9.37. The van der Waals surface area contributed by atoms with Crippen LogP contribution < -0.4 is 4.72 Å². The third-order valence-corrected chi connectivity index (χ3v) is 6.53. The highest BCUT2D eigenvalue weighted by atomic mass is 35.5. The summed E-state index contributed by atoms with van der Waals surface area (Å²) in [5, 5.41) is 7.69. The second-order valence-corrected chi connectivity index (χ2v) is 9.05. The summed E-state index contributed by atoms with van der Waals surface area (Å²) in [7, 11) is -3.83. The highest BCUT2D eigenvalue weighted by Gasteiger charge is 2.25. The molecule has 158 valence electrons. The molecule has 6 nitrogen and oxygen atoms in total. The summed E-state index contributed by atoms with van der Waals surface area (Å²) in [5.74, 6) is -0.354.